The van der Waals surface area contributed by atoms with Crippen LogP contribution >= 0.6 is 0 Å². The summed E-state index contributed by atoms with van der Waals surface area (Å²) in [5.41, 5.74) is -0.212. The van der Waals surface area contributed by atoms with E-state index in [0.717, 1.165) is 31.2 Å². The summed E-state index contributed by atoms with van der Waals surface area (Å²) >= 11 is 0. The van der Waals surface area contributed by atoms with Gasteiger partial charge in [0.2, 0.25) is 11.8 Å². The highest BCUT2D eigenvalue weighted by Crippen LogP contribution is 2.52. The molecule has 1 N–H and O–H groups in total. The first-order valence-electron chi connectivity index (χ1n) is 10.2. The summed E-state index contributed by atoms with van der Waals surface area (Å²) in [4.78, 5) is 28.2. The number of amides is 2. The van der Waals surface area contributed by atoms with E-state index in [0.29, 0.717) is 13.1 Å². The van der Waals surface area contributed by atoms with Crippen LogP contribution in [0.2, 0.25) is 0 Å². The number of halogens is 1. The number of nitrogens with one attached hydrogen (secondary N) is 1. The van der Waals surface area contributed by atoms with E-state index in [-0.39, 0.29) is 23.7 Å². The van der Waals surface area contributed by atoms with Crippen LogP contribution in [0.4, 0.5) is 4.39 Å². The van der Waals surface area contributed by atoms with Crippen molar-refractivity contribution in [3.63, 3.8) is 0 Å². The number of benzene rings is 1. The van der Waals surface area contributed by atoms with Gasteiger partial charge in [-0.3, -0.25) is 9.59 Å². The molecular formula is C22H25FN2O3. The number of hydrogen-bond donors (Lipinski definition) is 1. The summed E-state index contributed by atoms with van der Waals surface area (Å²) < 4.78 is 19.6. The first-order chi connectivity index (χ1) is 13.5. The molecule has 1 aromatic carbocycles. The standard InChI is InChI=1S/C22H25FN2O3/c1-2-25-13-22-12-9-16(28-22)17(18(22)20(25)27)19(26)24-21(10-3-4-11-21)14-5-7-15(23)8-6-14/h5-9,12,16-18H,2-4,10-11,13H2,1H3,(H,24,26). The van der Waals surface area contributed by atoms with Crippen LogP contribution in [0.5, 0.6) is 0 Å². The second kappa shape index (κ2) is 6.14. The highest BCUT2D eigenvalue weighted by molar-refractivity contribution is 5.93. The molecule has 2 amide bonds. The number of carbonyl (C=O) groups excluding carboxylic acids is 2. The van der Waals surface area contributed by atoms with Crippen molar-refractivity contribution in [2.45, 2.75) is 49.9 Å². The molecule has 0 radical (unpaired) electrons. The van der Waals surface area contributed by atoms with E-state index in [1.54, 1.807) is 17.0 Å². The molecule has 2 bridgehead atoms. The third-order valence-electron chi connectivity index (χ3n) is 7.08. The predicted molar refractivity (Wildman–Crippen MR) is 101 cm³/mol. The number of ether oxygens (including phenoxy) is 1. The molecule has 3 fully saturated rings. The van der Waals surface area contributed by atoms with Gasteiger partial charge in [-0.25, -0.2) is 4.39 Å². The Morgan fingerprint density at radius 3 is 2.68 bits per heavy atom. The van der Waals surface area contributed by atoms with Gasteiger partial charge in [-0.2, -0.15) is 0 Å². The Morgan fingerprint density at radius 1 is 1.29 bits per heavy atom. The Kier molecular flexibility index (Phi) is 3.92. The smallest absolute Gasteiger partial charge is 0.230 e. The molecule has 5 rings (SSSR count). The number of hydrogen-bond acceptors (Lipinski definition) is 3. The van der Waals surface area contributed by atoms with Gasteiger partial charge in [0.05, 0.1) is 30.0 Å². The van der Waals surface area contributed by atoms with Crippen molar-refractivity contribution in [3.05, 3.63) is 47.8 Å². The fourth-order valence-corrected chi connectivity index (χ4v) is 5.70. The minimum Gasteiger partial charge on any atom is -0.360 e. The van der Waals surface area contributed by atoms with Crippen LogP contribution in [0.1, 0.15) is 38.2 Å². The molecule has 5 nitrogen and oxygen atoms in total. The van der Waals surface area contributed by atoms with Crippen molar-refractivity contribution in [3.8, 4) is 0 Å². The van der Waals surface area contributed by atoms with Crippen molar-refractivity contribution in [2.75, 3.05) is 13.1 Å². The number of rotatable bonds is 4. The zero-order valence-corrected chi connectivity index (χ0v) is 16.0. The lowest BCUT2D eigenvalue weighted by atomic mass is 9.76. The Balaban J connectivity index is 1.44. The van der Waals surface area contributed by atoms with Crippen LogP contribution in [0, 0.1) is 17.7 Å². The lowest BCUT2D eigenvalue weighted by molar-refractivity contribution is -0.138. The van der Waals surface area contributed by atoms with Gasteiger partial charge in [0.15, 0.2) is 0 Å². The zero-order valence-electron chi connectivity index (χ0n) is 16.0. The van der Waals surface area contributed by atoms with Crippen molar-refractivity contribution in [1.82, 2.24) is 10.2 Å². The fraction of sp³-hybridized carbons (Fsp3) is 0.545. The lowest BCUT2D eigenvalue weighted by Crippen LogP contribution is -2.51. The molecular weight excluding hydrogens is 359 g/mol. The second-order valence-corrected chi connectivity index (χ2v) is 8.54. The SMILES string of the molecule is CCN1CC23C=CC(O2)C(C(=O)NC2(c4ccc(F)cc4)CCCC2)C3C1=O. The van der Waals surface area contributed by atoms with Gasteiger partial charge in [-0.1, -0.05) is 37.1 Å². The minimum absolute atomic E-state index is 0.0109. The second-order valence-electron chi connectivity index (χ2n) is 8.54. The molecule has 1 aromatic rings. The maximum Gasteiger partial charge on any atom is 0.230 e. The van der Waals surface area contributed by atoms with Crippen molar-refractivity contribution >= 4 is 11.8 Å². The van der Waals surface area contributed by atoms with Crippen LogP contribution in [-0.4, -0.2) is 41.5 Å². The first-order valence-corrected chi connectivity index (χ1v) is 10.2. The number of likely N-dealkylation sites (tertiary alicyclic amines) is 1. The van der Waals surface area contributed by atoms with Crippen molar-refractivity contribution in [2.24, 2.45) is 11.8 Å². The molecule has 1 spiro atoms. The summed E-state index contributed by atoms with van der Waals surface area (Å²) in [5.74, 6) is -1.36. The molecule has 28 heavy (non-hydrogen) atoms. The molecule has 4 unspecified atom stereocenters. The summed E-state index contributed by atoms with van der Waals surface area (Å²) in [6.45, 7) is 3.09. The first kappa shape index (κ1) is 17.9. The quantitative estimate of drug-likeness (QED) is 0.812. The molecule has 3 aliphatic heterocycles. The van der Waals surface area contributed by atoms with Gasteiger partial charge in [0.25, 0.3) is 0 Å². The number of carbonyl (C=O) groups is 2. The van der Waals surface area contributed by atoms with Gasteiger partial charge in [0.1, 0.15) is 11.4 Å². The molecule has 148 valence electrons. The summed E-state index contributed by atoms with van der Waals surface area (Å²) in [6.07, 6.45) is 7.24. The Morgan fingerprint density at radius 2 is 2.00 bits per heavy atom. The maximum absolute atomic E-state index is 13.4. The van der Waals surface area contributed by atoms with E-state index in [1.807, 2.05) is 19.1 Å². The van der Waals surface area contributed by atoms with Crippen LogP contribution in [-0.2, 0) is 19.9 Å². The highest BCUT2D eigenvalue weighted by atomic mass is 19.1. The van der Waals surface area contributed by atoms with Gasteiger partial charge in [-0.15, -0.1) is 0 Å². The summed E-state index contributed by atoms with van der Waals surface area (Å²) in [5, 5.41) is 3.27. The van der Waals surface area contributed by atoms with E-state index >= 15 is 0 Å². The Labute approximate surface area is 163 Å². The van der Waals surface area contributed by atoms with E-state index in [2.05, 4.69) is 5.32 Å². The third kappa shape index (κ3) is 2.40. The van der Waals surface area contributed by atoms with Crippen molar-refractivity contribution < 1.29 is 18.7 Å². The summed E-state index contributed by atoms with van der Waals surface area (Å²) in [7, 11) is 0. The van der Waals surface area contributed by atoms with Crippen LogP contribution in [0.3, 0.4) is 0 Å². The van der Waals surface area contributed by atoms with E-state index in [9.17, 15) is 14.0 Å². The van der Waals surface area contributed by atoms with Crippen LogP contribution < -0.4 is 5.32 Å². The highest BCUT2D eigenvalue weighted by Gasteiger charge is 2.66. The number of fused-ring (bicyclic) bond motifs is 1. The lowest BCUT2D eigenvalue weighted by Gasteiger charge is -2.34. The molecule has 4 aliphatic rings. The van der Waals surface area contributed by atoms with E-state index in [1.165, 1.54) is 12.1 Å². The van der Waals surface area contributed by atoms with Crippen molar-refractivity contribution in [1.29, 1.82) is 0 Å². The topological polar surface area (TPSA) is 58.6 Å². The predicted octanol–water partition coefficient (Wildman–Crippen LogP) is 2.51. The fourth-order valence-electron chi connectivity index (χ4n) is 5.70. The minimum atomic E-state index is -0.654. The average molecular weight is 384 g/mol. The Hall–Kier alpha value is -2.21. The van der Waals surface area contributed by atoms with Crippen LogP contribution in [0.15, 0.2) is 36.4 Å². The van der Waals surface area contributed by atoms with Gasteiger partial charge in [-0.05, 0) is 37.5 Å². The largest absolute Gasteiger partial charge is 0.360 e. The number of nitrogens with zero attached hydrogens (tertiary/aromatic N) is 1. The zero-order chi connectivity index (χ0) is 19.5. The van der Waals surface area contributed by atoms with Gasteiger partial charge >= 0.3 is 0 Å². The van der Waals surface area contributed by atoms with Gasteiger partial charge < -0.3 is 15.0 Å². The van der Waals surface area contributed by atoms with Gasteiger partial charge in [0, 0.05) is 6.54 Å². The Bertz CT molecular complexity index is 846. The maximum atomic E-state index is 13.4. The third-order valence-corrected chi connectivity index (χ3v) is 7.08. The monoisotopic (exact) mass is 384 g/mol. The van der Waals surface area contributed by atoms with E-state index < -0.39 is 23.0 Å². The van der Waals surface area contributed by atoms with Crippen LogP contribution in [0.25, 0.3) is 0 Å². The summed E-state index contributed by atoms with van der Waals surface area (Å²) in [6, 6.07) is 6.41. The molecule has 0 aromatic heterocycles. The molecule has 2 saturated heterocycles. The molecule has 4 atom stereocenters. The average Bonchev–Trinajstić information content (AvgIpc) is 3.44. The molecule has 1 saturated carbocycles. The molecule has 1 aliphatic carbocycles. The molecule has 6 heteroatoms. The normalized spacial score (nSPS) is 34.9. The van der Waals surface area contributed by atoms with E-state index in [4.69, 9.17) is 4.74 Å². The number of likely N-dealkylation sites (N-methyl/N-ethyl adjacent to an activating group) is 1. The molecule has 3 heterocycles.